The molecule has 1 atom stereocenters. The van der Waals surface area contributed by atoms with E-state index in [9.17, 15) is 9.59 Å². The van der Waals surface area contributed by atoms with Gasteiger partial charge in [0.25, 0.3) is 0 Å². The SMILES string of the molecule is COc1cc(C(=O)[C@H]2C(=O)c3cc(Nc4ncn(COCC[Si](C)(C)C)n4)ccc3OC23CCNCC3)nc2c(OC)cccc12. The van der Waals surface area contributed by atoms with Gasteiger partial charge in [-0.1, -0.05) is 25.7 Å². The zero-order valence-corrected chi connectivity index (χ0v) is 27.9. The lowest BCUT2D eigenvalue weighted by Crippen LogP contribution is -2.58. The van der Waals surface area contributed by atoms with E-state index >= 15 is 0 Å². The highest BCUT2D eigenvalue weighted by Gasteiger charge is 2.54. The van der Waals surface area contributed by atoms with Crippen LogP contribution < -0.4 is 24.8 Å². The van der Waals surface area contributed by atoms with E-state index in [2.05, 4.69) is 40.4 Å². The molecule has 242 valence electrons. The lowest BCUT2D eigenvalue weighted by atomic mass is 9.71. The molecule has 0 aliphatic carbocycles. The Morgan fingerprint density at radius 2 is 1.89 bits per heavy atom. The van der Waals surface area contributed by atoms with Crippen LogP contribution in [0.5, 0.6) is 17.2 Å². The first-order valence-corrected chi connectivity index (χ1v) is 19.2. The zero-order chi connectivity index (χ0) is 32.5. The van der Waals surface area contributed by atoms with E-state index in [1.54, 1.807) is 42.4 Å². The third kappa shape index (κ3) is 6.35. The average molecular weight is 645 g/mol. The molecule has 1 fully saturated rings. The highest BCUT2D eigenvalue weighted by Crippen LogP contribution is 2.45. The fourth-order valence-corrected chi connectivity index (χ4v) is 6.80. The molecule has 2 aliphatic rings. The Kier molecular flexibility index (Phi) is 8.81. The van der Waals surface area contributed by atoms with Crippen LogP contribution in [0.4, 0.5) is 11.6 Å². The van der Waals surface area contributed by atoms with E-state index in [1.165, 1.54) is 7.11 Å². The molecule has 0 unspecified atom stereocenters. The molecule has 1 spiro atoms. The van der Waals surface area contributed by atoms with Crippen LogP contribution in [0.3, 0.4) is 0 Å². The fourth-order valence-electron chi connectivity index (χ4n) is 6.04. The first-order valence-electron chi connectivity index (χ1n) is 15.5. The number of fused-ring (bicyclic) bond motifs is 2. The van der Waals surface area contributed by atoms with Crippen LogP contribution in [0.25, 0.3) is 10.9 Å². The summed E-state index contributed by atoms with van der Waals surface area (Å²) in [5, 5.41) is 11.6. The van der Waals surface area contributed by atoms with E-state index in [0.717, 1.165) is 6.04 Å². The first-order chi connectivity index (χ1) is 22.1. The summed E-state index contributed by atoms with van der Waals surface area (Å²) in [5.41, 5.74) is 0.495. The predicted octanol–water partition coefficient (Wildman–Crippen LogP) is 5.10. The highest BCUT2D eigenvalue weighted by molar-refractivity contribution is 6.76. The Hall–Kier alpha value is -4.33. The van der Waals surface area contributed by atoms with E-state index in [-0.39, 0.29) is 11.5 Å². The van der Waals surface area contributed by atoms with Crippen molar-refractivity contribution in [2.75, 3.05) is 39.2 Å². The Morgan fingerprint density at radius 1 is 1.11 bits per heavy atom. The van der Waals surface area contributed by atoms with Gasteiger partial charge in [0.05, 0.1) is 19.8 Å². The molecule has 13 heteroatoms. The van der Waals surface area contributed by atoms with Gasteiger partial charge >= 0.3 is 0 Å². The molecule has 0 saturated carbocycles. The summed E-state index contributed by atoms with van der Waals surface area (Å²) in [5.74, 6) is -0.0567. The van der Waals surface area contributed by atoms with Gasteiger partial charge in [0, 0.05) is 44.7 Å². The van der Waals surface area contributed by atoms with Crippen LogP contribution >= 0.6 is 0 Å². The molecule has 46 heavy (non-hydrogen) atoms. The predicted molar refractivity (Wildman–Crippen MR) is 176 cm³/mol. The molecule has 6 rings (SSSR count). The second kappa shape index (κ2) is 12.8. The van der Waals surface area contributed by atoms with Crippen molar-refractivity contribution in [1.29, 1.82) is 0 Å². The van der Waals surface area contributed by atoms with Crippen molar-refractivity contribution in [1.82, 2.24) is 25.1 Å². The molecule has 1 saturated heterocycles. The summed E-state index contributed by atoms with van der Waals surface area (Å²) in [6, 6.07) is 13.4. The zero-order valence-electron chi connectivity index (χ0n) is 26.9. The Balaban J connectivity index is 1.29. The molecular formula is C33H40N6O6Si. The number of Topliss-reactive ketones (excluding diaryl/α,β-unsaturated/α-hetero) is 2. The molecular weight excluding hydrogens is 604 g/mol. The van der Waals surface area contributed by atoms with Crippen molar-refractivity contribution in [3.63, 3.8) is 0 Å². The van der Waals surface area contributed by atoms with Crippen LogP contribution in [0, 0.1) is 5.92 Å². The van der Waals surface area contributed by atoms with Crippen LogP contribution in [-0.4, -0.2) is 78.9 Å². The molecule has 2 N–H and O–H groups in total. The number of nitrogens with one attached hydrogen (secondary N) is 2. The van der Waals surface area contributed by atoms with Crippen LogP contribution in [0.15, 0.2) is 48.8 Å². The number of rotatable bonds is 11. The van der Waals surface area contributed by atoms with Crippen molar-refractivity contribution in [2.45, 2.75) is 50.9 Å². The van der Waals surface area contributed by atoms with Gasteiger partial charge in [-0.25, -0.2) is 14.6 Å². The van der Waals surface area contributed by atoms with Gasteiger partial charge in [-0.3, -0.25) is 9.59 Å². The number of carbonyl (C=O) groups is 2. The molecule has 2 aliphatic heterocycles. The van der Waals surface area contributed by atoms with Gasteiger partial charge in [0.15, 0.2) is 11.6 Å². The van der Waals surface area contributed by atoms with Gasteiger partial charge in [-0.2, -0.15) is 0 Å². The maximum Gasteiger partial charge on any atom is 0.246 e. The molecule has 4 heterocycles. The lowest BCUT2D eigenvalue weighted by molar-refractivity contribution is -0.0139. The number of methoxy groups -OCH3 is 2. The topological polar surface area (TPSA) is 139 Å². The number of aromatic nitrogens is 4. The number of hydrogen-bond donors (Lipinski definition) is 2. The fraction of sp³-hybridized carbons (Fsp3) is 0.424. The Labute approximate surface area is 268 Å². The largest absolute Gasteiger partial charge is 0.496 e. The average Bonchev–Trinajstić information content (AvgIpc) is 3.49. The molecule has 0 bridgehead atoms. The van der Waals surface area contributed by atoms with E-state index in [4.69, 9.17) is 23.9 Å². The first kappa shape index (κ1) is 31.6. The van der Waals surface area contributed by atoms with Gasteiger partial charge in [0.2, 0.25) is 5.95 Å². The van der Waals surface area contributed by atoms with E-state index in [1.807, 2.05) is 18.2 Å². The molecule has 12 nitrogen and oxygen atoms in total. The standard InChI is InChI=1S/C33H40N6O6Si/c1-42-26-8-6-7-22-27(43-2)18-24(37-29(22)26)31(41)28-30(40)23-17-21(9-10-25(23)45-33(28)11-13-34-14-12-33)36-32-35-19-39(38-32)20-44-15-16-46(3,4)5/h6-10,17-19,28,34H,11-16,20H2,1-5H3,(H,36,38)/t28-/m1/s1. The number of hydrogen-bond acceptors (Lipinski definition) is 11. The minimum Gasteiger partial charge on any atom is -0.496 e. The second-order valence-corrected chi connectivity index (χ2v) is 18.6. The Morgan fingerprint density at radius 3 is 2.63 bits per heavy atom. The molecule has 4 aromatic rings. The third-order valence-electron chi connectivity index (χ3n) is 8.53. The number of pyridine rings is 1. The highest BCUT2D eigenvalue weighted by atomic mass is 28.3. The van der Waals surface area contributed by atoms with Gasteiger partial charge in [-0.05, 0) is 49.5 Å². The van der Waals surface area contributed by atoms with E-state index < -0.39 is 25.4 Å². The van der Waals surface area contributed by atoms with Crippen molar-refractivity contribution < 1.29 is 28.5 Å². The number of nitrogens with zero attached hydrogens (tertiary/aromatic N) is 4. The van der Waals surface area contributed by atoms with Crippen molar-refractivity contribution in [3.8, 4) is 17.2 Å². The van der Waals surface area contributed by atoms with Gasteiger partial charge in [0.1, 0.15) is 53.0 Å². The molecule has 0 amide bonds. The monoisotopic (exact) mass is 644 g/mol. The Bertz CT molecular complexity index is 1760. The maximum atomic E-state index is 14.4. The van der Waals surface area contributed by atoms with E-state index in [0.29, 0.717) is 84.6 Å². The van der Waals surface area contributed by atoms with Gasteiger partial charge < -0.3 is 29.6 Å². The number of carbonyl (C=O) groups excluding carboxylic acids is 2. The third-order valence-corrected chi connectivity index (χ3v) is 10.2. The number of ether oxygens (including phenoxy) is 4. The number of benzene rings is 2. The number of para-hydroxylation sites is 1. The maximum absolute atomic E-state index is 14.4. The quantitative estimate of drug-likeness (QED) is 0.0976. The lowest BCUT2D eigenvalue weighted by Gasteiger charge is -2.45. The summed E-state index contributed by atoms with van der Waals surface area (Å²) in [7, 11) is 1.90. The number of ketones is 2. The molecule has 2 aromatic heterocycles. The number of piperidine rings is 1. The minimum absolute atomic E-state index is 0.119. The molecule has 2 aromatic carbocycles. The van der Waals surface area contributed by atoms with Gasteiger partial charge in [-0.15, -0.1) is 5.10 Å². The summed E-state index contributed by atoms with van der Waals surface area (Å²) in [6.07, 6.45) is 2.58. The summed E-state index contributed by atoms with van der Waals surface area (Å²) < 4.78 is 25.2. The van der Waals surface area contributed by atoms with Crippen molar-refractivity contribution in [3.05, 3.63) is 60.0 Å². The summed E-state index contributed by atoms with van der Waals surface area (Å²) in [6.45, 7) is 9.13. The van der Waals surface area contributed by atoms with Crippen molar-refractivity contribution in [2.24, 2.45) is 5.92 Å². The van der Waals surface area contributed by atoms with Crippen molar-refractivity contribution >= 4 is 42.2 Å². The van der Waals surface area contributed by atoms with Crippen LogP contribution in [-0.2, 0) is 11.5 Å². The smallest absolute Gasteiger partial charge is 0.246 e. The normalized spacial score (nSPS) is 17.4. The van der Waals surface area contributed by atoms with Crippen LogP contribution in [0.1, 0.15) is 33.7 Å². The number of anilines is 2. The summed E-state index contributed by atoms with van der Waals surface area (Å²) >= 11 is 0. The second-order valence-electron chi connectivity index (χ2n) is 12.9. The van der Waals surface area contributed by atoms with Crippen LogP contribution in [0.2, 0.25) is 25.7 Å². The molecule has 0 radical (unpaired) electrons. The summed E-state index contributed by atoms with van der Waals surface area (Å²) in [4.78, 5) is 37.8. The minimum atomic E-state index is -1.18.